The van der Waals surface area contributed by atoms with Crippen LogP contribution in [0.15, 0.2) is 42.6 Å². The second kappa shape index (κ2) is 7.74. The number of benzene rings is 2. The average Bonchev–Trinajstić information content (AvgIpc) is 3.33. The Balaban J connectivity index is 1.48. The van der Waals surface area contributed by atoms with Crippen molar-refractivity contribution in [1.82, 2.24) is 24.5 Å². The standard InChI is InChI=1S/C22H22ClN5O2/c1-27-10-4-8-16(27)13-30-22-25-21(29)20-24-12-17(28(20)26-22)11-15-7-2-5-14-6-3-9-18(23)19(14)15/h2-3,5-7,9,12,16H,4,8,10-11,13H2,1H3,(H,25,26,29)/t16-/m0/s1. The minimum absolute atomic E-state index is 0.149. The molecule has 4 aromatic rings. The van der Waals surface area contributed by atoms with Crippen LogP contribution in [-0.2, 0) is 6.42 Å². The van der Waals surface area contributed by atoms with E-state index in [0.717, 1.165) is 41.4 Å². The minimum Gasteiger partial charge on any atom is -0.490 e. The first-order chi connectivity index (χ1) is 14.6. The van der Waals surface area contributed by atoms with Crippen LogP contribution in [0.4, 0.5) is 0 Å². The molecular formula is C22H22ClN5O2. The quantitative estimate of drug-likeness (QED) is 0.527. The molecule has 154 valence electrons. The van der Waals surface area contributed by atoms with Gasteiger partial charge in [-0.1, -0.05) is 41.9 Å². The van der Waals surface area contributed by atoms with Crippen LogP contribution in [-0.4, -0.2) is 55.8 Å². The summed E-state index contributed by atoms with van der Waals surface area (Å²) < 4.78 is 7.42. The summed E-state index contributed by atoms with van der Waals surface area (Å²) in [5.41, 5.74) is 2.19. The predicted molar refractivity (Wildman–Crippen MR) is 115 cm³/mol. The second-order valence-electron chi connectivity index (χ2n) is 7.72. The number of halogens is 1. The van der Waals surface area contributed by atoms with Gasteiger partial charge in [-0.05, 0) is 43.5 Å². The molecule has 30 heavy (non-hydrogen) atoms. The van der Waals surface area contributed by atoms with Gasteiger partial charge in [0.05, 0.1) is 11.9 Å². The molecule has 0 amide bonds. The Hall–Kier alpha value is -2.90. The number of rotatable bonds is 5. The number of likely N-dealkylation sites (N-methyl/N-ethyl adjacent to an activating group) is 1. The molecule has 3 heterocycles. The molecule has 1 saturated heterocycles. The van der Waals surface area contributed by atoms with E-state index in [1.807, 2.05) is 36.4 Å². The highest BCUT2D eigenvalue weighted by molar-refractivity contribution is 6.35. The molecule has 7 nitrogen and oxygen atoms in total. The topological polar surface area (TPSA) is 75.8 Å². The smallest absolute Gasteiger partial charge is 0.337 e. The normalized spacial score (nSPS) is 17.2. The van der Waals surface area contributed by atoms with Gasteiger partial charge in [0.15, 0.2) is 0 Å². The first kappa shape index (κ1) is 19.1. The summed E-state index contributed by atoms with van der Waals surface area (Å²) in [6, 6.07) is 12.5. The molecule has 0 aliphatic carbocycles. The third-order valence-electron chi connectivity index (χ3n) is 5.78. The van der Waals surface area contributed by atoms with Crippen molar-refractivity contribution in [3.8, 4) is 11.9 Å². The third kappa shape index (κ3) is 3.44. The van der Waals surface area contributed by atoms with E-state index in [2.05, 4.69) is 27.0 Å². The third-order valence-corrected chi connectivity index (χ3v) is 6.10. The summed E-state index contributed by atoms with van der Waals surface area (Å²) in [7, 11) is 2.09. The van der Waals surface area contributed by atoms with Crippen LogP contribution in [0.5, 0.6) is 11.9 Å². The Morgan fingerprint density at radius 1 is 1.23 bits per heavy atom. The van der Waals surface area contributed by atoms with E-state index >= 15 is 0 Å². The number of likely N-dealkylation sites (tertiary alicyclic amines) is 1. The van der Waals surface area contributed by atoms with Crippen molar-refractivity contribution in [2.75, 3.05) is 20.2 Å². The summed E-state index contributed by atoms with van der Waals surface area (Å²) in [6.45, 7) is 1.56. The summed E-state index contributed by atoms with van der Waals surface area (Å²) in [6.07, 6.45) is 4.51. The Labute approximate surface area is 178 Å². The minimum atomic E-state index is -0.193. The first-order valence-electron chi connectivity index (χ1n) is 10.0. The second-order valence-corrected chi connectivity index (χ2v) is 8.13. The van der Waals surface area contributed by atoms with Crippen molar-refractivity contribution in [3.05, 3.63) is 58.9 Å². The number of imidazole rings is 1. The van der Waals surface area contributed by atoms with Crippen LogP contribution in [0.25, 0.3) is 16.4 Å². The van der Waals surface area contributed by atoms with Crippen molar-refractivity contribution in [3.63, 3.8) is 0 Å². The van der Waals surface area contributed by atoms with E-state index < -0.39 is 0 Å². The molecule has 2 aromatic heterocycles. The lowest BCUT2D eigenvalue weighted by Gasteiger charge is -2.18. The van der Waals surface area contributed by atoms with Crippen LogP contribution in [0.1, 0.15) is 24.1 Å². The van der Waals surface area contributed by atoms with Gasteiger partial charge < -0.3 is 14.7 Å². The highest BCUT2D eigenvalue weighted by Gasteiger charge is 2.22. The summed E-state index contributed by atoms with van der Waals surface area (Å²) in [5, 5.41) is 17.6. The van der Waals surface area contributed by atoms with E-state index in [9.17, 15) is 5.11 Å². The molecule has 0 spiro atoms. The van der Waals surface area contributed by atoms with Crippen molar-refractivity contribution in [1.29, 1.82) is 0 Å². The fourth-order valence-corrected chi connectivity index (χ4v) is 4.45. The molecule has 8 heteroatoms. The van der Waals surface area contributed by atoms with E-state index in [0.29, 0.717) is 29.7 Å². The highest BCUT2D eigenvalue weighted by Crippen LogP contribution is 2.29. The molecule has 0 saturated carbocycles. The van der Waals surface area contributed by atoms with Gasteiger partial charge >= 0.3 is 6.01 Å². The lowest BCUT2D eigenvalue weighted by Crippen LogP contribution is -2.31. The van der Waals surface area contributed by atoms with Gasteiger partial charge in [-0.25, -0.2) is 9.50 Å². The fourth-order valence-electron chi connectivity index (χ4n) is 4.15. The molecule has 5 rings (SSSR count). The van der Waals surface area contributed by atoms with Gasteiger partial charge in [0.1, 0.15) is 6.61 Å². The molecule has 1 aliphatic rings. The predicted octanol–water partition coefficient (Wildman–Crippen LogP) is 3.70. The molecular weight excluding hydrogens is 402 g/mol. The van der Waals surface area contributed by atoms with Crippen molar-refractivity contribution in [2.45, 2.75) is 25.3 Å². The number of aromatic nitrogens is 4. The van der Waals surface area contributed by atoms with Gasteiger partial charge in [0.2, 0.25) is 5.65 Å². The van der Waals surface area contributed by atoms with Gasteiger partial charge in [0, 0.05) is 22.9 Å². The van der Waals surface area contributed by atoms with Crippen LogP contribution in [0, 0.1) is 0 Å². The SMILES string of the molecule is CN1CCC[C@H]1COc1nc(O)c2ncc(Cc3cccc4cccc(Cl)c34)n2n1. The summed E-state index contributed by atoms with van der Waals surface area (Å²) in [4.78, 5) is 10.6. The van der Waals surface area contributed by atoms with Gasteiger partial charge in [-0.3, -0.25) is 0 Å². The van der Waals surface area contributed by atoms with Crippen molar-refractivity contribution < 1.29 is 9.84 Å². The Morgan fingerprint density at radius 3 is 2.87 bits per heavy atom. The van der Waals surface area contributed by atoms with Crippen molar-refractivity contribution in [2.24, 2.45) is 0 Å². The first-order valence-corrected chi connectivity index (χ1v) is 10.4. The van der Waals surface area contributed by atoms with Crippen LogP contribution < -0.4 is 4.74 Å². The Kier molecular flexibility index (Phi) is 4.92. The molecule has 1 atom stereocenters. The Morgan fingerprint density at radius 2 is 2.07 bits per heavy atom. The van der Waals surface area contributed by atoms with E-state index in [4.69, 9.17) is 16.3 Å². The molecule has 1 fully saturated rings. The van der Waals surface area contributed by atoms with Crippen LogP contribution in [0.3, 0.4) is 0 Å². The fraction of sp³-hybridized carbons (Fsp3) is 0.318. The van der Waals surface area contributed by atoms with E-state index in [1.165, 1.54) is 0 Å². The largest absolute Gasteiger partial charge is 0.490 e. The van der Waals surface area contributed by atoms with Crippen LogP contribution in [0.2, 0.25) is 5.02 Å². The molecule has 0 bridgehead atoms. The van der Waals surface area contributed by atoms with E-state index in [1.54, 1.807) is 10.7 Å². The summed E-state index contributed by atoms with van der Waals surface area (Å²) >= 11 is 6.47. The van der Waals surface area contributed by atoms with E-state index in [-0.39, 0.29) is 11.9 Å². The zero-order valence-corrected chi connectivity index (χ0v) is 17.4. The number of ether oxygens (including phenoxy) is 1. The number of aromatic hydroxyl groups is 1. The van der Waals surface area contributed by atoms with Crippen molar-refractivity contribution >= 4 is 28.0 Å². The van der Waals surface area contributed by atoms with Gasteiger partial charge in [0.25, 0.3) is 5.88 Å². The van der Waals surface area contributed by atoms with Gasteiger partial charge in [-0.15, -0.1) is 5.10 Å². The molecule has 1 aliphatic heterocycles. The Bertz CT molecular complexity index is 1220. The number of hydrogen-bond acceptors (Lipinski definition) is 6. The van der Waals surface area contributed by atoms with Gasteiger partial charge in [-0.2, -0.15) is 4.98 Å². The lowest BCUT2D eigenvalue weighted by atomic mass is 10.0. The maximum atomic E-state index is 10.3. The number of nitrogens with zero attached hydrogens (tertiary/aromatic N) is 5. The number of hydrogen-bond donors (Lipinski definition) is 1. The maximum absolute atomic E-state index is 10.3. The molecule has 2 aromatic carbocycles. The average molecular weight is 424 g/mol. The van der Waals surface area contributed by atoms with Crippen LogP contribution >= 0.6 is 11.6 Å². The molecule has 1 N–H and O–H groups in total. The highest BCUT2D eigenvalue weighted by atomic mass is 35.5. The zero-order chi connectivity index (χ0) is 20.7. The number of fused-ring (bicyclic) bond motifs is 2. The zero-order valence-electron chi connectivity index (χ0n) is 16.6. The lowest BCUT2D eigenvalue weighted by molar-refractivity contribution is 0.184. The summed E-state index contributed by atoms with van der Waals surface area (Å²) in [5.74, 6) is -0.193. The maximum Gasteiger partial charge on any atom is 0.337 e. The molecule has 0 unspecified atom stereocenters. The molecule has 0 radical (unpaired) electrons. The monoisotopic (exact) mass is 423 g/mol.